The molecule has 3 aromatic rings. The van der Waals surface area contributed by atoms with Crippen LogP contribution >= 0.6 is 0 Å². The first-order chi connectivity index (χ1) is 17.3. The van der Waals surface area contributed by atoms with Gasteiger partial charge in [0, 0.05) is 57.4 Å². The maximum atomic E-state index is 13.1. The molecule has 2 aromatic heterocycles. The quantitative estimate of drug-likeness (QED) is 0.384. The van der Waals surface area contributed by atoms with Gasteiger partial charge in [-0.05, 0) is 31.0 Å². The number of aryl methyl sites for hydroxylation is 1. The number of carbonyl (C=O) groups is 1. The number of hydrogen-bond donors (Lipinski definition) is 0. The largest absolute Gasteiger partial charge is 0.416 e. The Morgan fingerprint density at radius 3 is 2.64 bits per heavy atom. The molecule has 1 aliphatic heterocycles. The zero-order valence-electron chi connectivity index (χ0n) is 20.4. The lowest BCUT2D eigenvalue weighted by Gasteiger charge is -2.25. The first kappa shape index (κ1) is 26.0. The van der Waals surface area contributed by atoms with Gasteiger partial charge in [0.05, 0.1) is 35.7 Å². The van der Waals surface area contributed by atoms with E-state index in [0.29, 0.717) is 17.6 Å². The van der Waals surface area contributed by atoms with Gasteiger partial charge in [-0.25, -0.2) is 0 Å². The number of halogens is 3. The van der Waals surface area contributed by atoms with Crippen molar-refractivity contribution in [3.63, 3.8) is 0 Å². The van der Waals surface area contributed by atoms with Gasteiger partial charge in [0.25, 0.3) is 0 Å². The molecule has 0 aliphatic carbocycles. The van der Waals surface area contributed by atoms with Crippen LogP contribution in [0.15, 0.2) is 36.7 Å². The molecule has 1 aliphatic rings. The highest BCUT2D eigenvalue weighted by molar-refractivity contribution is 6.01. The molecule has 0 bridgehead atoms. The number of morpholine rings is 1. The van der Waals surface area contributed by atoms with Gasteiger partial charge in [-0.3, -0.25) is 19.4 Å². The summed E-state index contributed by atoms with van der Waals surface area (Å²) in [5, 5.41) is 9.01. The van der Waals surface area contributed by atoms with Gasteiger partial charge < -0.3 is 9.64 Å². The summed E-state index contributed by atoms with van der Waals surface area (Å²) in [7, 11) is 0. The SMILES string of the molecule is CC(=O)N(CCCCCCn1cc(CN2CCOCC2)nn1)c1ccnc2cc(C(F)(F)F)ccc12. The fourth-order valence-corrected chi connectivity index (χ4v) is 4.40. The van der Waals surface area contributed by atoms with Crippen LogP contribution < -0.4 is 4.90 Å². The lowest BCUT2D eigenvalue weighted by Crippen LogP contribution is -2.35. The first-order valence-electron chi connectivity index (χ1n) is 12.2. The molecule has 1 saturated heterocycles. The highest BCUT2D eigenvalue weighted by atomic mass is 19.4. The highest BCUT2D eigenvalue weighted by Crippen LogP contribution is 2.33. The maximum Gasteiger partial charge on any atom is 0.416 e. The van der Waals surface area contributed by atoms with Gasteiger partial charge in [-0.1, -0.05) is 24.1 Å². The minimum atomic E-state index is -4.44. The monoisotopic (exact) mass is 504 g/mol. The molecule has 0 N–H and O–H groups in total. The molecule has 0 saturated carbocycles. The second kappa shape index (κ2) is 11.8. The third-order valence-electron chi connectivity index (χ3n) is 6.31. The molecule has 0 spiro atoms. The zero-order chi connectivity index (χ0) is 25.5. The number of nitrogens with zero attached hydrogens (tertiary/aromatic N) is 6. The number of aromatic nitrogens is 4. The number of anilines is 1. The molecule has 4 rings (SSSR count). The molecular weight excluding hydrogens is 473 g/mol. The van der Waals surface area contributed by atoms with Crippen molar-refractivity contribution in [1.82, 2.24) is 24.9 Å². The van der Waals surface area contributed by atoms with E-state index in [2.05, 4.69) is 20.2 Å². The number of alkyl halides is 3. The predicted octanol–water partition coefficient (Wildman–Crippen LogP) is 4.29. The standard InChI is InChI=1S/C25H31F3N6O2/c1-19(35)34(24-8-9-29-23-16-20(25(26,27)28)6-7-22(23)24)11-5-3-2-4-10-33-18-21(30-31-33)17-32-12-14-36-15-13-32/h6-9,16,18H,2-5,10-15,17H2,1H3. The van der Waals surface area contributed by atoms with Crippen molar-refractivity contribution < 1.29 is 22.7 Å². The van der Waals surface area contributed by atoms with Gasteiger partial charge in [0.15, 0.2) is 0 Å². The molecule has 3 heterocycles. The van der Waals surface area contributed by atoms with Gasteiger partial charge in [-0.2, -0.15) is 13.2 Å². The lowest BCUT2D eigenvalue weighted by molar-refractivity contribution is -0.137. The van der Waals surface area contributed by atoms with E-state index in [9.17, 15) is 18.0 Å². The van der Waals surface area contributed by atoms with E-state index < -0.39 is 11.7 Å². The van der Waals surface area contributed by atoms with Crippen molar-refractivity contribution in [2.45, 2.75) is 51.9 Å². The molecule has 11 heteroatoms. The molecule has 194 valence electrons. The number of benzene rings is 1. The van der Waals surface area contributed by atoms with E-state index in [1.165, 1.54) is 19.2 Å². The Balaban J connectivity index is 1.26. The van der Waals surface area contributed by atoms with Crippen molar-refractivity contribution in [2.75, 3.05) is 37.7 Å². The number of carbonyl (C=O) groups excluding carboxylic acids is 1. The van der Waals surface area contributed by atoms with Crippen LogP contribution in [-0.4, -0.2) is 63.6 Å². The molecule has 1 aromatic carbocycles. The summed E-state index contributed by atoms with van der Waals surface area (Å²) in [4.78, 5) is 20.4. The van der Waals surface area contributed by atoms with Crippen LogP contribution in [0.4, 0.5) is 18.9 Å². The van der Waals surface area contributed by atoms with E-state index in [0.717, 1.165) is 82.9 Å². The number of hydrogen-bond acceptors (Lipinski definition) is 6. The third kappa shape index (κ3) is 6.79. The van der Waals surface area contributed by atoms with Crippen LogP contribution in [0.2, 0.25) is 0 Å². The van der Waals surface area contributed by atoms with Crippen molar-refractivity contribution in [1.29, 1.82) is 0 Å². The van der Waals surface area contributed by atoms with Crippen LogP contribution in [-0.2, 0) is 28.8 Å². The van der Waals surface area contributed by atoms with Crippen molar-refractivity contribution >= 4 is 22.5 Å². The lowest BCUT2D eigenvalue weighted by atomic mass is 10.1. The van der Waals surface area contributed by atoms with Crippen LogP contribution in [0, 0.1) is 0 Å². The first-order valence-corrected chi connectivity index (χ1v) is 12.2. The Labute approximate surface area is 208 Å². The summed E-state index contributed by atoms with van der Waals surface area (Å²) in [5.41, 5.74) is 1.00. The van der Waals surface area contributed by atoms with Crippen LogP contribution in [0.1, 0.15) is 43.9 Å². The number of fused-ring (bicyclic) bond motifs is 1. The third-order valence-corrected chi connectivity index (χ3v) is 6.31. The van der Waals surface area contributed by atoms with E-state index in [-0.39, 0.29) is 11.4 Å². The summed E-state index contributed by atoms with van der Waals surface area (Å²) in [6, 6.07) is 5.12. The normalized spacial score (nSPS) is 14.9. The summed E-state index contributed by atoms with van der Waals surface area (Å²) < 4.78 is 46.4. The molecule has 8 nitrogen and oxygen atoms in total. The Morgan fingerprint density at radius 2 is 1.89 bits per heavy atom. The van der Waals surface area contributed by atoms with Crippen molar-refractivity contribution in [3.8, 4) is 0 Å². The molecule has 1 amide bonds. The number of unbranched alkanes of at least 4 members (excludes halogenated alkanes) is 3. The second-order valence-electron chi connectivity index (χ2n) is 9.01. The molecule has 36 heavy (non-hydrogen) atoms. The number of amides is 1. The van der Waals surface area contributed by atoms with Crippen LogP contribution in [0.5, 0.6) is 0 Å². The van der Waals surface area contributed by atoms with E-state index in [1.807, 2.05) is 10.9 Å². The van der Waals surface area contributed by atoms with Crippen LogP contribution in [0.3, 0.4) is 0 Å². The Bertz CT molecular complexity index is 1160. The molecule has 0 unspecified atom stereocenters. The fourth-order valence-electron chi connectivity index (χ4n) is 4.40. The molecule has 0 radical (unpaired) electrons. The average molecular weight is 505 g/mol. The minimum Gasteiger partial charge on any atom is -0.379 e. The van der Waals surface area contributed by atoms with E-state index >= 15 is 0 Å². The van der Waals surface area contributed by atoms with Crippen molar-refractivity contribution in [2.24, 2.45) is 0 Å². The van der Waals surface area contributed by atoms with E-state index in [1.54, 1.807) is 11.0 Å². The Hall–Kier alpha value is -3.05. The van der Waals surface area contributed by atoms with Crippen LogP contribution in [0.25, 0.3) is 10.9 Å². The van der Waals surface area contributed by atoms with Gasteiger partial charge in [0.2, 0.25) is 5.91 Å². The second-order valence-corrected chi connectivity index (χ2v) is 9.01. The zero-order valence-corrected chi connectivity index (χ0v) is 20.4. The maximum absolute atomic E-state index is 13.1. The fraction of sp³-hybridized carbons (Fsp3) is 0.520. The molecular formula is C25H31F3N6O2. The molecule has 0 atom stereocenters. The topological polar surface area (TPSA) is 76.4 Å². The van der Waals surface area contributed by atoms with Crippen molar-refractivity contribution in [3.05, 3.63) is 47.9 Å². The average Bonchev–Trinajstić information content (AvgIpc) is 3.30. The number of ether oxygens (including phenoxy) is 1. The molecule has 1 fully saturated rings. The Kier molecular flexibility index (Phi) is 8.52. The summed E-state index contributed by atoms with van der Waals surface area (Å²) in [6.07, 6.45) is 2.60. The van der Waals surface area contributed by atoms with Gasteiger partial charge in [0.1, 0.15) is 0 Å². The Morgan fingerprint density at radius 1 is 1.11 bits per heavy atom. The minimum absolute atomic E-state index is 0.155. The number of rotatable bonds is 10. The number of pyridine rings is 1. The summed E-state index contributed by atoms with van der Waals surface area (Å²) in [5.74, 6) is -0.155. The highest BCUT2D eigenvalue weighted by Gasteiger charge is 2.31. The van der Waals surface area contributed by atoms with E-state index in [4.69, 9.17) is 4.74 Å². The van der Waals surface area contributed by atoms with Gasteiger partial charge >= 0.3 is 6.18 Å². The summed E-state index contributed by atoms with van der Waals surface area (Å²) in [6.45, 7) is 6.85. The summed E-state index contributed by atoms with van der Waals surface area (Å²) >= 11 is 0. The van der Waals surface area contributed by atoms with Gasteiger partial charge in [-0.15, -0.1) is 5.10 Å². The smallest absolute Gasteiger partial charge is 0.379 e. The predicted molar refractivity (Wildman–Crippen MR) is 129 cm³/mol.